The molecule has 1 aliphatic heterocycles. The van der Waals surface area contributed by atoms with Crippen molar-refractivity contribution >= 4 is 33.3 Å². The Labute approximate surface area is 191 Å². The highest BCUT2D eigenvalue weighted by Crippen LogP contribution is 2.44. The smallest absolute Gasteiger partial charge is 0.297 e. The Morgan fingerprint density at radius 3 is 2.71 bits per heavy atom. The normalized spacial score (nSPS) is 31.7. The molecule has 0 spiro atoms. The van der Waals surface area contributed by atoms with Crippen molar-refractivity contribution in [1.29, 1.82) is 0 Å². The van der Waals surface area contributed by atoms with E-state index < -0.39 is 22.0 Å². The van der Waals surface area contributed by atoms with E-state index in [9.17, 15) is 8.42 Å². The van der Waals surface area contributed by atoms with Crippen molar-refractivity contribution in [2.45, 2.75) is 60.3 Å². The van der Waals surface area contributed by atoms with E-state index in [4.69, 9.17) is 36.9 Å². The van der Waals surface area contributed by atoms with E-state index >= 15 is 0 Å². The van der Waals surface area contributed by atoms with Gasteiger partial charge in [0.2, 0.25) is 0 Å². The molecule has 0 bridgehead atoms. The summed E-state index contributed by atoms with van der Waals surface area (Å²) in [7, 11) is -3.90. The lowest BCUT2D eigenvalue weighted by Gasteiger charge is -2.41. The van der Waals surface area contributed by atoms with Gasteiger partial charge in [-0.15, -0.1) is 23.2 Å². The molecular weight excluding hydrogens is 465 g/mol. The Kier molecular flexibility index (Phi) is 6.90. The molecule has 8 nitrogen and oxygen atoms in total. The molecule has 0 N–H and O–H groups in total. The van der Waals surface area contributed by atoms with Gasteiger partial charge < -0.3 is 9.47 Å². The first-order valence-electron chi connectivity index (χ1n) is 10.2. The zero-order chi connectivity index (χ0) is 22.1. The molecule has 0 radical (unpaired) electrons. The summed E-state index contributed by atoms with van der Waals surface area (Å²) in [6.45, 7) is 2.20. The van der Waals surface area contributed by atoms with Crippen LogP contribution >= 0.6 is 23.2 Å². The monoisotopic (exact) mass is 489 g/mol. The van der Waals surface area contributed by atoms with Crippen LogP contribution < -0.4 is 0 Å². The molecule has 0 amide bonds. The number of aryl methyl sites for hydroxylation is 1. The van der Waals surface area contributed by atoms with Crippen molar-refractivity contribution in [2.75, 3.05) is 13.2 Å². The molecule has 2 aliphatic rings. The molecule has 1 saturated heterocycles. The molecule has 170 valence electrons. The van der Waals surface area contributed by atoms with Gasteiger partial charge in [0, 0.05) is 16.7 Å². The van der Waals surface area contributed by atoms with Crippen LogP contribution in [-0.4, -0.2) is 59.0 Å². The van der Waals surface area contributed by atoms with Gasteiger partial charge in [0.1, 0.15) is 18.8 Å². The second-order valence-corrected chi connectivity index (χ2v) is 10.8. The number of ether oxygens (including phenoxy) is 2. The van der Waals surface area contributed by atoms with E-state index in [-0.39, 0.29) is 41.3 Å². The lowest BCUT2D eigenvalue weighted by molar-refractivity contribution is -0.221. The highest BCUT2D eigenvalue weighted by molar-refractivity contribution is 7.86. The Morgan fingerprint density at radius 1 is 1.26 bits per heavy atom. The summed E-state index contributed by atoms with van der Waals surface area (Å²) in [6.07, 6.45) is 4.61. The maximum Gasteiger partial charge on any atom is 0.297 e. The summed E-state index contributed by atoms with van der Waals surface area (Å²) < 4.78 is 44.4. The average Bonchev–Trinajstić information content (AvgIpc) is 3.38. The maximum absolute atomic E-state index is 12.5. The van der Waals surface area contributed by atoms with E-state index in [1.54, 1.807) is 23.1 Å². The maximum atomic E-state index is 12.5. The first-order chi connectivity index (χ1) is 14.8. The average molecular weight is 490 g/mol. The third-order valence-corrected chi connectivity index (χ3v) is 7.90. The summed E-state index contributed by atoms with van der Waals surface area (Å²) in [6, 6.07) is 6.49. The van der Waals surface area contributed by atoms with E-state index in [1.807, 2.05) is 6.92 Å². The van der Waals surface area contributed by atoms with Crippen LogP contribution in [0.15, 0.2) is 41.8 Å². The van der Waals surface area contributed by atoms with Gasteiger partial charge in [0.15, 0.2) is 5.79 Å². The standard InChI is InChI=1S/C20H25Cl2N3O5S/c1-14-2-5-17(6-3-14)31(26,27)29-10-16-9-28-20(30-16,11-25-13-23-12-24-25)18-7-4-15(21)8-19(18)22/h2-3,5-6,12-13,15-16,18-19H,4,7-11H2,1H3/t15?,16-,18?,19?,20+/m0/s1. The SMILES string of the molecule is Cc1ccc(S(=O)(=O)OC[C@@H]2CO[C@@](Cn3cncn3)(C3CCC(Cl)CC3Cl)O2)cc1. The van der Waals surface area contributed by atoms with Gasteiger partial charge in [-0.2, -0.15) is 13.5 Å². The largest absolute Gasteiger partial charge is 0.345 e. The van der Waals surface area contributed by atoms with Gasteiger partial charge in [-0.3, -0.25) is 4.18 Å². The van der Waals surface area contributed by atoms with E-state index in [0.717, 1.165) is 18.4 Å². The second-order valence-electron chi connectivity index (χ2n) is 8.04. The van der Waals surface area contributed by atoms with Crippen molar-refractivity contribution < 1.29 is 22.1 Å². The van der Waals surface area contributed by atoms with Gasteiger partial charge in [0.25, 0.3) is 10.1 Å². The van der Waals surface area contributed by atoms with Gasteiger partial charge in [0.05, 0.1) is 24.7 Å². The summed E-state index contributed by atoms with van der Waals surface area (Å²) in [5.74, 6) is -1.19. The van der Waals surface area contributed by atoms with Gasteiger partial charge in [-0.25, -0.2) is 9.67 Å². The highest BCUT2D eigenvalue weighted by atomic mass is 35.5. The number of benzene rings is 1. The number of alkyl halides is 2. The molecular formula is C20H25Cl2N3O5S. The summed E-state index contributed by atoms with van der Waals surface area (Å²) in [5, 5.41) is 3.94. The van der Waals surface area contributed by atoms with E-state index in [0.29, 0.717) is 6.42 Å². The van der Waals surface area contributed by atoms with Crippen LogP contribution in [0.2, 0.25) is 0 Å². The molecule has 5 atom stereocenters. The zero-order valence-corrected chi connectivity index (χ0v) is 19.4. The van der Waals surface area contributed by atoms with Crippen LogP contribution in [-0.2, 0) is 30.3 Å². The lowest BCUT2D eigenvalue weighted by atomic mass is 9.82. The molecule has 1 saturated carbocycles. The Bertz CT molecular complexity index is 973. The van der Waals surface area contributed by atoms with E-state index in [1.165, 1.54) is 18.5 Å². The van der Waals surface area contributed by atoms with Gasteiger partial charge >= 0.3 is 0 Å². The minimum atomic E-state index is -3.90. The number of aromatic nitrogens is 3. The van der Waals surface area contributed by atoms with Crippen LogP contribution in [0.5, 0.6) is 0 Å². The number of hydrogen-bond donors (Lipinski definition) is 0. The number of rotatable bonds is 7. The van der Waals surface area contributed by atoms with Gasteiger partial charge in [-0.1, -0.05) is 17.7 Å². The Balaban J connectivity index is 1.47. The second kappa shape index (κ2) is 9.33. The molecule has 4 rings (SSSR count). The van der Waals surface area contributed by atoms with Crippen LogP contribution in [0.1, 0.15) is 24.8 Å². The van der Waals surface area contributed by atoms with Crippen LogP contribution in [0.3, 0.4) is 0 Å². The topological polar surface area (TPSA) is 92.5 Å². The quantitative estimate of drug-likeness (QED) is 0.435. The first kappa shape index (κ1) is 22.9. The Morgan fingerprint density at radius 2 is 2.03 bits per heavy atom. The number of nitrogens with zero attached hydrogens (tertiary/aromatic N) is 3. The molecule has 11 heteroatoms. The fourth-order valence-electron chi connectivity index (χ4n) is 4.10. The van der Waals surface area contributed by atoms with Crippen molar-refractivity contribution in [3.63, 3.8) is 0 Å². The molecule has 1 aromatic heterocycles. The van der Waals surface area contributed by atoms with Crippen LogP contribution in [0, 0.1) is 12.8 Å². The van der Waals surface area contributed by atoms with Gasteiger partial charge in [-0.05, 0) is 38.3 Å². The van der Waals surface area contributed by atoms with Crippen molar-refractivity contribution in [3.05, 3.63) is 42.5 Å². The predicted molar refractivity (Wildman–Crippen MR) is 115 cm³/mol. The number of halogens is 2. The van der Waals surface area contributed by atoms with Crippen molar-refractivity contribution in [3.8, 4) is 0 Å². The molecule has 1 aliphatic carbocycles. The molecule has 2 heterocycles. The number of hydrogen-bond acceptors (Lipinski definition) is 7. The van der Waals surface area contributed by atoms with Crippen molar-refractivity contribution in [1.82, 2.24) is 14.8 Å². The fraction of sp³-hybridized carbons (Fsp3) is 0.600. The minimum Gasteiger partial charge on any atom is -0.345 e. The third kappa shape index (κ3) is 5.23. The van der Waals surface area contributed by atoms with E-state index in [2.05, 4.69) is 10.1 Å². The Hall–Kier alpha value is -1.23. The molecule has 2 aromatic rings. The summed E-state index contributed by atoms with van der Waals surface area (Å²) >= 11 is 12.9. The predicted octanol–water partition coefficient (Wildman–Crippen LogP) is 3.12. The van der Waals surface area contributed by atoms with Crippen LogP contribution in [0.4, 0.5) is 0 Å². The summed E-state index contributed by atoms with van der Waals surface area (Å²) in [5.41, 5.74) is 0.965. The first-order valence-corrected chi connectivity index (χ1v) is 12.4. The molecule has 1 aromatic carbocycles. The minimum absolute atomic E-state index is 0.0161. The lowest BCUT2D eigenvalue weighted by Crippen LogP contribution is -2.50. The zero-order valence-electron chi connectivity index (χ0n) is 17.1. The van der Waals surface area contributed by atoms with Crippen molar-refractivity contribution in [2.24, 2.45) is 5.92 Å². The molecule has 3 unspecified atom stereocenters. The summed E-state index contributed by atoms with van der Waals surface area (Å²) in [4.78, 5) is 4.09. The highest BCUT2D eigenvalue weighted by Gasteiger charge is 2.52. The van der Waals surface area contributed by atoms with Crippen LogP contribution in [0.25, 0.3) is 0 Å². The molecule has 2 fully saturated rings. The molecule has 31 heavy (non-hydrogen) atoms. The fourth-order valence-corrected chi connectivity index (χ4v) is 5.98. The third-order valence-electron chi connectivity index (χ3n) is 5.72.